The Kier molecular flexibility index (Phi) is 4.90. The molecular formula is C12H19N3O2. The van der Waals surface area contributed by atoms with Gasteiger partial charge < -0.3 is 15.6 Å². The summed E-state index contributed by atoms with van der Waals surface area (Å²) in [5.74, 6) is -0.244. The third kappa shape index (κ3) is 3.71. The first-order valence-electron chi connectivity index (χ1n) is 5.76. The lowest BCUT2D eigenvalue weighted by molar-refractivity contribution is 0.0936. The maximum Gasteiger partial charge on any atom is 0.251 e. The van der Waals surface area contributed by atoms with Crippen LogP contribution < -0.4 is 16.6 Å². The van der Waals surface area contributed by atoms with Crippen LogP contribution in [0.4, 0.5) is 0 Å². The average molecular weight is 237 g/mol. The van der Waals surface area contributed by atoms with Crippen LogP contribution >= 0.6 is 0 Å². The van der Waals surface area contributed by atoms with Gasteiger partial charge in [-0.3, -0.25) is 9.59 Å². The molecule has 1 aromatic rings. The zero-order valence-electron chi connectivity index (χ0n) is 10.3. The summed E-state index contributed by atoms with van der Waals surface area (Å²) in [4.78, 5) is 23.2. The van der Waals surface area contributed by atoms with Crippen molar-refractivity contribution < 1.29 is 4.79 Å². The van der Waals surface area contributed by atoms with Gasteiger partial charge in [-0.15, -0.1) is 0 Å². The van der Waals surface area contributed by atoms with E-state index in [1.54, 1.807) is 19.3 Å². The Bertz CT molecular complexity index is 440. The Morgan fingerprint density at radius 2 is 2.29 bits per heavy atom. The standard InChI is InChI=1S/C12H19N3O2/c1-3-4-10(8-13)14-12(17)9-5-6-15(2)11(16)7-9/h5-7,10H,3-4,8,13H2,1-2H3,(H,14,17). The lowest BCUT2D eigenvalue weighted by Gasteiger charge is -2.15. The summed E-state index contributed by atoms with van der Waals surface area (Å²) in [6.07, 6.45) is 3.38. The van der Waals surface area contributed by atoms with Crippen LogP contribution in [0.1, 0.15) is 30.1 Å². The van der Waals surface area contributed by atoms with Crippen molar-refractivity contribution >= 4 is 5.91 Å². The van der Waals surface area contributed by atoms with E-state index in [1.165, 1.54) is 10.6 Å². The Morgan fingerprint density at radius 3 is 2.82 bits per heavy atom. The SMILES string of the molecule is CCCC(CN)NC(=O)c1ccn(C)c(=O)c1. The highest BCUT2D eigenvalue weighted by Gasteiger charge is 2.12. The lowest BCUT2D eigenvalue weighted by atomic mass is 10.1. The molecule has 0 saturated carbocycles. The maximum absolute atomic E-state index is 11.8. The molecule has 1 aromatic heterocycles. The number of nitrogens with one attached hydrogen (secondary N) is 1. The summed E-state index contributed by atoms with van der Waals surface area (Å²) in [6.45, 7) is 2.44. The number of carbonyl (C=O) groups is 1. The number of hydrogen-bond donors (Lipinski definition) is 2. The van der Waals surface area contributed by atoms with Gasteiger partial charge in [0.2, 0.25) is 0 Å². The highest BCUT2D eigenvalue weighted by Crippen LogP contribution is 1.99. The largest absolute Gasteiger partial charge is 0.348 e. The summed E-state index contributed by atoms with van der Waals surface area (Å²) in [7, 11) is 1.64. The first-order chi connectivity index (χ1) is 8.08. The predicted octanol–water partition coefficient (Wildman–Crippen LogP) is 0.243. The first-order valence-corrected chi connectivity index (χ1v) is 5.76. The van der Waals surface area contributed by atoms with E-state index in [2.05, 4.69) is 5.32 Å². The smallest absolute Gasteiger partial charge is 0.251 e. The van der Waals surface area contributed by atoms with E-state index in [1.807, 2.05) is 6.92 Å². The molecule has 0 bridgehead atoms. The van der Waals surface area contributed by atoms with Gasteiger partial charge in [-0.05, 0) is 12.5 Å². The van der Waals surface area contributed by atoms with Crippen molar-refractivity contribution in [1.82, 2.24) is 9.88 Å². The van der Waals surface area contributed by atoms with Crippen LogP contribution in [0.25, 0.3) is 0 Å². The van der Waals surface area contributed by atoms with Crippen LogP contribution in [-0.2, 0) is 7.05 Å². The second kappa shape index (κ2) is 6.20. The molecule has 3 N–H and O–H groups in total. The number of rotatable bonds is 5. The fourth-order valence-corrected chi connectivity index (χ4v) is 1.56. The maximum atomic E-state index is 11.8. The number of carbonyl (C=O) groups excluding carboxylic acids is 1. The van der Waals surface area contributed by atoms with E-state index in [0.717, 1.165) is 12.8 Å². The molecule has 0 aliphatic rings. The number of hydrogen-bond acceptors (Lipinski definition) is 3. The number of amides is 1. The number of aromatic nitrogens is 1. The Labute approximate surface area is 101 Å². The molecule has 1 amide bonds. The van der Waals surface area contributed by atoms with Crippen LogP contribution in [0.5, 0.6) is 0 Å². The van der Waals surface area contributed by atoms with Crippen LogP contribution in [0.3, 0.4) is 0 Å². The normalized spacial score (nSPS) is 12.2. The minimum Gasteiger partial charge on any atom is -0.348 e. The second-order valence-electron chi connectivity index (χ2n) is 4.06. The Balaban J connectivity index is 2.75. The molecule has 17 heavy (non-hydrogen) atoms. The predicted molar refractivity (Wildman–Crippen MR) is 66.9 cm³/mol. The monoisotopic (exact) mass is 237 g/mol. The van der Waals surface area contributed by atoms with Crippen LogP contribution in [0, 0.1) is 0 Å². The Morgan fingerprint density at radius 1 is 1.59 bits per heavy atom. The van der Waals surface area contributed by atoms with Crippen molar-refractivity contribution in [3.8, 4) is 0 Å². The van der Waals surface area contributed by atoms with E-state index < -0.39 is 0 Å². The molecular weight excluding hydrogens is 218 g/mol. The molecule has 0 aromatic carbocycles. The highest BCUT2D eigenvalue weighted by molar-refractivity contribution is 5.94. The zero-order chi connectivity index (χ0) is 12.8. The Hall–Kier alpha value is -1.62. The molecule has 0 fully saturated rings. The fourth-order valence-electron chi connectivity index (χ4n) is 1.56. The molecule has 0 spiro atoms. The quantitative estimate of drug-likeness (QED) is 0.770. The summed E-state index contributed by atoms with van der Waals surface area (Å²) < 4.78 is 1.42. The fraction of sp³-hybridized carbons (Fsp3) is 0.500. The van der Waals surface area contributed by atoms with Gasteiger partial charge in [0.05, 0.1) is 0 Å². The summed E-state index contributed by atoms with van der Waals surface area (Å²) in [5.41, 5.74) is 5.74. The number of pyridine rings is 1. The van der Waals surface area contributed by atoms with Gasteiger partial charge in [-0.2, -0.15) is 0 Å². The van der Waals surface area contributed by atoms with Crippen molar-refractivity contribution in [2.75, 3.05) is 6.54 Å². The zero-order valence-corrected chi connectivity index (χ0v) is 10.3. The van der Waals surface area contributed by atoms with E-state index >= 15 is 0 Å². The number of aryl methyl sites for hydroxylation is 1. The third-order valence-electron chi connectivity index (χ3n) is 2.62. The average Bonchev–Trinajstić information content (AvgIpc) is 2.31. The van der Waals surface area contributed by atoms with E-state index in [9.17, 15) is 9.59 Å². The van der Waals surface area contributed by atoms with Gasteiger partial charge in [-0.25, -0.2) is 0 Å². The number of nitrogens with zero attached hydrogens (tertiary/aromatic N) is 1. The van der Waals surface area contributed by atoms with Gasteiger partial charge >= 0.3 is 0 Å². The molecule has 5 heteroatoms. The summed E-state index contributed by atoms with van der Waals surface area (Å²) in [6, 6.07) is 2.92. The van der Waals surface area contributed by atoms with E-state index in [0.29, 0.717) is 12.1 Å². The number of nitrogens with two attached hydrogens (primary N) is 1. The van der Waals surface area contributed by atoms with Gasteiger partial charge in [0.15, 0.2) is 0 Å². The molecule has 1 heterocycles. The molecule has 1 unspecified atom stereocenters. The second-order valence-corrected chi connectivity index (χ2v) is 4.06. The molecule has 0 saturated heterocycles. The molecule has 94 valence electrons. The van der Waals surface area contributed by atoms with E-state index in [4.69, 9.17) is 5.73 Å². The van der Waals surface area contributed by atoms with Gasteiger partial charge in [0.25, 0.3) is 11.5 Å². The van der Waals surface area contributed by atoms with Gasteiger partial charge in [0.1, 0.15) is 0 Å². The minimum atomic E-state index is -0.244. The van der Waals surface area contributed by atoms with Gasteiger partial charge in [-0.1, -0.05) is 13.3 Å². The first kappa shape index (κ1) is 13.4. The topological polar surface area (TPSA) is 77.1 Å². The van der Waals surface area contributed by atoms with Crippen LogP contribution in [-0.4, -0.2) is 23.1 Å². The molecule has 5 nitrogen and oxygen atoms in total. The summed E-state index contributed by atoms with van der Waals surface area (Å²) in [5, 5.41) is 2.82. The van der Waals surface area contributed by atoms with Crippen molar-refractivity contribution in [3.63, 3.8) is 0 Å². The highest BCUT2D eigenvalue weighted by atomic mass is 16.2. The molecule has 0 radical (unpaired) electrons. The molecule has 0 aliphatic carbocycles. The molecule has 1 rings (SSSR count). The van der Waals surface area contributed by atoms with Crippen LogP contribution in [0.2, 0.25) is 0 Å². The van der Waals surface area contributed by atoms with Gasteiger partial charge in [0, 0.05) is 37.5 Å². The molecule has 0 aliphatic heterocycles. The third-order valence-corrected chi connectivity index (χ3v) is 2.62. The van der Waals surface area contributed by atoms with Crippen molar-refractivity contribution in [3.05, 3.63) is 34.2 Å². The summed E-state index contributed by atoms with van der Waals surface area (Å²) >= 11 is 0. The minimum absolute atomic E-state index is 0.0310. The lowest BCUT2D eigenvalue weighted by Crippen LogP contribution is -2.40. The molecule has 1 atom stereocenters. The van der Waals surface area contributed by atoms with Crippen LogP contribution in [0.15, 0.2) is 23.1 Å². The van der Waals surface area contributed by atoms with E-state index in [-0.39, 0.29) is 17.5 Å². The van der Waals surface area contributed by atoms with Crippen molar-refractivity contribution in [2.24, 2.45) is 12.8 Å². The van der Waals surface area contributed by atoms with Crippen molar-refractivity contribution in [1.29, 1.82) is 0 Å². The van der Waals surface area contributed by atoms with Crippen molar-refractivity contribution in [2.45, 2.75) is 25.8 Å².